The number of aryl methyl sites for hydroxylation is 1. The van der Waals surface area contributed by atoms with Crippen LogP contribution in [-0.4, -0.2) is 41.5 Å². The quantitative estimate of drug-likeness (QED) is 0.791. The first-order chi connectivity index (χ1) is 8.17. The Hall–Kier alpha value is -1.40. The van der Waals surface area contributed by atoms with Gasteiger partial charge in [-0.25, -0.2) is 0 Å². The largest absolute Gasteiger partial charge is 0.394 e. The van der Waals surface area contributed by atoms with Crippen molar-refractivity contribution < 1.29 is 19.2 Å². The Kier molecular flexibility index (Phi) is 3.44. The van der Waals surface area contributed by atoms with Gasteiger partial charge in [0.15, 0.2) is 0 Å². The minimum Gasteiger partial charge on any atom is -0.394 e. The Balaban J connectivity index is 2.08. The van der Waals surface area contributed by atoms with Crippen molar-refractivity contribution in [1.29, 1.82) is 0 Å². The molecule has 6 nitrogen and oxygen atoms in total. The molecule has 1 aromatic heterocycles. The third kappa shape index (κ3) is 2.48. The number of rotatable bonds is 3. The smallest absolute Gasteiger partial charge is 0.257 e. The number of carbonyl (C=O) groups excluding carboxylic acids is 1. The van der Waals surface area contributed by atoms with Gasteiger partial charge in [-0.05, 0) is 19.8 Å². The minimum atomic E-state index is -0.584. The second kappa shape index (κ2) is 4.85. The van der Waals surface area contributed by atoms with E-state index in [2.05, 4.69) is 10.5 Å². The molecule has 0 unspecified atom stereocenters. The fourth-order valence-electron chi connectivity index (χ4n) is 1.91. The van der Waals surface area contributed by atoms with Crippen molar-refractivity contribution in [2.45, 2.75) is 25.3 Å². The van der Waals surface area contributed by atoms with Gasteiger partial charge in [0.05, 0.1) is 18.3 Å². The number of nitrogens with zero attached hydrogens (tertiary/aromatic N) is 1. The van der Waals surface area contributed by atoms with Crippen molar-refractivity contribution >= 4 is 5.91 Å². The van der Waals surface area contributed by atoms with Gasteiger partial charge in [-0.15, -0.1) is 0 Å². The van der Waals surface area contributed by atoms with Gasteiger partial charge >= 0.3 is 0 Å². The standard InChI is InChI=1S/C11H16N2O4/c1-8-9(6-12-17-8)10(15)13-11(7-14)2-4-16-5-3-11/h6,14H,2-5,7H2,1H3,(H,13,15). The molecule has 1 aromatic rings. The van der Waals surface area contributed by atoms with Crippen LogP contribution in [0.2, 0.25) is 0 Å². The summed E-state index contributed by atoms with van der Waals surface area (Å²) in [6.07, 6.45) is 2.61. The Bertz CT molecular complexity index is 396. The first-order valence-corrected chi connectivity index (χ1v) is 5.59. The van der Waals surface area contributed by atoms with E-state index >= 15 is 0 Å². The molecule has 0 spiro atoms. The summed E-state index contributed by atoms with van der Waals surface area (Å²) in [6.45, 7) is 2.68. The highest BCUT2D eigenvalue weighted by Crippen LogP contribution is 2.21. The van der Waals surface area contributed by atoms with E-state index in [1.807, 2.05) is 0 Å². The average molecular weight is 240 g/mol. The highest BCUT2D eigenvalue weighted by atomic mass is 16.5. The number of carbonyl (C=O) groups is 1. The van der Waals surface area contributed by atoms with Gasteiger partial charge in [0.1, 0.15) is 11.3 Å². The summed E-state index contributed by atoms with van der Waals surface area (Å²) < 4.78 is 10.1. The molecule has 94 valence electrons. The molecule has 0 radical (unpaired) electrons. The molecule has 2 heterocycles. The van der Waals surface area contributed by atoms with Crippen LogP contribution in [0.1, 0.15) is 29.0 Å². The number of aromatic nitrogens is 1. The molecule has 1 fully saturated rings. The fraction of sp³-hybridized carbons (Fsp3) is 0.636. The van der Waals surface area contributed by atoms with Gasteiger partial charge in [0.25, 0.3) is 5.91 Å². The summed E-state index contributed by atoms with van der Waals surface area (Å²) in [6, 6.07) is 0. The topological polar surface area (TPSA) is 84.6 Å². The highest BCUT2D eigenvalue weighted by molar-refractivity contribution is 5.95. The molecule has 6 heteroatoms. The van der Waals surface area contributed by atoms with Crippen LogP contribution in [0.25, 0.3) is 0 Å². The molecule has 1 amide bonds. The van der Waals surface area contributed by atoms with Gasteiger partial charge in [-0.1, -0.05) is 5.16 Å². The van der Waals surface area contributed by atoms with Gasteiger partial charge < -0.3 is 19.7 Å². The van der Waals surface area contributed by atoms with Gasteiger partial charge in [0, 0.05) is 13.2 Å². The molecular formula is C11H16N2O4. The molecule has 1 aliphatic rings. The van der Waals surface area contributed by atoms with Gasteiger partial charge in [-0.3, -0.25) is 4.79 Å². The second-order valence-electron chi connectivity index (χ2n) is 4.30. The Morgan fingerprint density at radius 3 is 2.82 bits per heavy atom. The lowest BCUT2D eigenvalue weighted by Gasteiger charge is -2.36. The number of aliphatic hydroxyl groups excluding tert-OH is 1. The van der Waals surface area contributed by atoms with Crippen LogP contribution in [0.4, 0.5) is 0 Å². The van der Waals surface area contributed by atoms with Crippen molar-refractivity contribution in [3.05, 3.63) is 17.5 Å². The molecule has 17 heavy (non-hydrogen) atoms. The lowest BCUT2D eigenvalue weighted by molar-refractivity contribution is 0.0125. The number of amides is 1. The predicted octanol–water partition coefficient (Wildman–Crippen LogP) is 0.254. The van der Waals surface area contributed by atoms with Crippen LogP contribution < -0.4 is 5.32 Å². The van der Waals surface area contributed by atoms with Crippen LogP contribution in [-0.2, 0) is 4.74 Å². The Morgan fingerprint density at radius 2 is 2.29 bits per heavy atom. The summed E-state index contributed by atoms with van der Waals surface area (Å²) >= 11 is 0. The predicted molar refractivity (Wildman–Crippen MR) is 58.6 cm³/mol. The first-order valence-electron chi connectivity index (χ1n) is 5.59. The molecule has 1 aliphatic heterocycles. The fourth-order valence-corrected chi connectivity index (χ4v) is 1.91. The number of hydrogen-bond donors (Lipinski definition) is 2. The zero-order chi connectivity index (χ0) is 12.3. The van der Waals surface area contributed by atoms with E-state index in [-0.39, 0.29) is 12.5 Å². The normalized spacial score (nSPS) is 18.9. The molecule has 0 bridgehead atoms. The highest BCUT2D eigenvalue weighted by Gasteiger charge is 2.34. The van der Waals surface area contributed by atoms with Crippen molar-refractivity contribution in [3.63, 3.8) is 0 Å². The van der Waals surface area contributed by atoms with Crippen LogP contribution in [0, 0.1) is 6.92 Å². The lowest BCUT2D eigenvalue weighted by atomic mass is 9.90. The van der Waals surface area contributed by atoms with Crippen molar-refractivity contribution in [2.24, 2.45) is 0 Å². The number of aliphatic hydroxyl groups is 1. The molecule has 0 aliphatic carbocycles. The zero-order valence-electron chi connectivity index (χ0n) is 9.73. The van der Waals surface area contributed by atoms with E-state index in [1.54, 1.807) is 6.92 Å². The first kappa shape index (κ1) is 12.1. The van der Waals surface area contributed by atoms with Gasteiger partial charge in [0.2, 0.25) is 0 Å². The molecule has 1 saturated heterocycles. The maximum Gasteiger partial charge on any atom is 0.257 e. The third-order valence-corrected chi connectivity index (χ3v) is 3.13. The van der Waals surface area contributed by atoms with Crippen LogP contribution in [0.3, 0.4) is 0 Å². The van der Waals surface area contributed by atoms with E-state index in [0.29, 0.717) is 37.4 Å². The minimum absolute atomic E-state index is 0.0908. The van der Waals surface area contributed by atoms with Crippen LogP contribution >= 0.6 is 0 Å². The summed E-state index contributed by atoms with van der Waals surface area (Å²) in [5, 5.41) is 15.9. The molecule has 2 N–H and O–H groups in total. The summed E-state index contributed by atoms with van der Waals surface area (Å²) in [7, 11) is 0. The third-order valence-electron chi connectivity index (χ3n) is 3.13. The molecule has 2 rings (SSSR count). The van der Waals surface area contributed by atoms with Crippen molar-refractivity contribution in [3.8, 4) is 0 Å². The van der Waals surface area contributed by atoms with Crippen molar-refractivity contribution in [2.75, 3.05) is 19.8 Å². The van der Waals surface area contributed by atoms with Crippen LogP contribution in [0.15, 0.2) is 10.7 Å². The van der Waals surface area contributed by atoms with E-state index in [9.17, 15) is 9.90 Å². The van der Waals surface area contributed by atoms with E-state index in [4.69, 9.17) is 9.26 Å². The molecule has 0 atom stereocenters. The molecular weight excluding hydrogens is 224 g/mol. The van der Waals surface area contributed by atoms with E-state index < -0.39 is 5.54 Å². The summed E-state index contributed by atoms with van der Waals surface area (Å²) in [5.74, 6) is 0.211. The summed E-state index contributed by atoms with van der Waals surface area (Å²) in [5.41, 5.74) is -0.178. The second-order valence-corrected chi connectivity index (χ2v) is 4.30. The lowest BCUT2D eigenvalue weighted by Crippen LogP contribution is -2.54. The average Bonchev–Trinajstić information content (AvgIpc) is 2.77. The maximum absolute atomic E-state index is 12.0. The Morgan fingerprint density at radius 1 is 1.59 bits per heavy atom. The number of ether oxygens (including phenoxy) is 1. The SMILES string of the molecule is Cc1oncc1C(=O)NC1(CO)CCOCC1. The number of hydrogen-bond acceptors (Lipinski definition) is 5. The Labute approximate surface area is 98.9 Å². The van der Waals surface area contributed by atoms with Crippen molar-refractivity contribution in [1.82, 2.24) is 10.5 Å². The molecule has 0 saturated carbocycles. The van der Waals surface area contributed by atoms with Gasteiger partial charge in [-0.2, -0.15) is 0 Å². The van der Waals surface area contributed by atoms with Crippen LogP contribution in [0.5, 0.6) is 0 Å². The zero-order valence-corrected chi connectivity index (χ0v) is 9.73. The maximum atomic E-state index is 12.0. The monoisotopic (exact) mass is 240 g/mol. The molecule has 0 aromatic carbocycles. The summed E-state index contributed by atoms with van der Waals surface area (Å²) in [4.78, 5) is 12.0. The van der Waals surface area contributed by atoms with E-state index in [1.165, 1.54) is 6.20 Å². The van der Waals surface area contributed by atoms with E-state index in [0.717, 1.165) is 0 Å². The number of nitrogens with one attached hydrogen (secondary N) is 1.